The number of amides is 2. The monoisotopic (exact) mass is 448 g/mol. The summed E-state index contributed by atoms with van der Waals surface area (Å²) >= 11 is 0. The number of pyridine rings is 1. The van der Waals surface area contributed by atoms with E-state index in [1.165, 1.54) is 41.1 Å². The van der Waals surface area contributed by atoms with Crippen LogP contribution in [0.5, 0.6) is 0 Å². The van der Waals surface area contributed by atoms with Gasteiger partial charge in [-0.25, -0.2) is 4.39 Å². The van der Waals surface area contributed by atoms with Gasteiger partial charge in [0.2, 0.25) is 5.91 Å². The minimum absolute atomic E-state index is 0.0902. The van der Waals surface area contributed by atoms with Crippen molar-refractivity contribution >= 4 is 17.5 Å². The first-order valence-electron chi connectivity index (χ1n) is 10.7. The van der Waals surface area contributed by atoms with Gasteiger partial charge in [0.25, 0.3) is 11.5 Å². The molecule has 0 aliphatic carbocycles. The van der Waals surface area contributed by atoms with Gasteiger partial charge in [0.05, 0.1) is 6.04 Å². The number of halogens is 1. The lowest BCUT2D eigenvalue weighted by atomic mass is 10.0. The molecule has 0 unspecified atom stereocenters. The maximum absolute atomic E-state index is 13.2. The van der Waals surface area contributed by atoms with Crippen LogP contribution in [0.2, 0.25) is 0 Å². The van der Waals surface area contributed by atoms with Crippen LogP contribution in [0.1, 0.15) is 22.0 Å². The molecule has 2 heterocycles. The first-order valence-corrected chi connectivity index (χ1v) is 10.7. The van der Waals surface area contributed by atoms with Crippen LogP contribution in [0.25, 0.3) is 0 Å². The number of nitrogens with one attached hydrogen (secondary N) is 1. The normalized spacial score (nSPS) is 16.4. The summed E-state index contributed by atoms with van der Waals surface area (Å²) in [5, 5.41) is 2.58. The van der Waals surface area contributed by atoms with Gasteiger partial charge < -0.3 is 19.7 Å². The molecule has 3 aromatic rings. The molecule has 0 saturated carbocycles. The Morgan fingerprint density at radius 1 is 1.00 bits per heavy atom. The topological polar surface area (TPSA) is 74.7 Å². The summed E-state index contributed by atoms with van der Waals surface area (Å²) < 4.78 is 14.3. The number of carbonyl (C=O) groups excluding carboxylic acids is 2. The standard InChI is InChI=1S/C25H25FN4O3/c1-28-14-15-30(22(16-28)18-6-3-2-4-7-18)23(31)17-29-13-5-8-21(25(29)33)24(32)27-20-11-9-19(26)10-12-20/h2-13,22H,14-17H2,1H3,(H,27,32)/t22-/m0/s1. The molecule has 8 heteroatoms. The fourth-order valence-corrected chi connectivity index (χ4v) is 3.98. The number of hydrogen-bond acceptors (Lipinski definition) is 4. The molecule has 0 radical (unpaired) electrons. The molecular weight excluding hydrogens is 423 g/mol. The van der Waals surface area contributed by atoms with E-state index in [2.05, 4.69) is 10.2 Å². The maximum Gasteiger partial charge on any atom is 0.263 e. The lowest BCUT2D eigenvalue weighted by molar-refractivity contribution is -0.136. The number of nitrogens with zero attached hydrogens (tertiary/aromatic N) is 3. The highest BCUT2D eigenvalue weighted by Gasteiger charge is 2.30. The number of rotatable bonds is 5. The van der Waals surface area contributed by atoms with E-state index in [0.29, 0.717) is 18.8 Å². The van der Waals surface area contributed by atoms with Gasteiger partial charge in [-0.2, -0.15) is 0 Å². The van der Waals surface area contributed by atoms with E-state index >= 15 is 0 Å². The van der Waals surface area contributed by atoms with Crippen molar-refractivity contribution in [3.05, 3.63) is 100 Å². The van der Waals surface area contributed by atoms with Gasteiger partial charge in [0.15, 0.2) is 0 Å². The summed E-state index contributed by atoms with van der Waals surface area (Å²) in [4.78, 5) is 42.8. The molecular formula is C25H25FN4O3. The zero-order chi connectivity index (χ0) is 23.4. The van der Waals surface area contributed by atoms with Crippen LogP contribution in [0, 0.1) is 5.82 Å². The highest BCUT2D eigenvalue weighted by atomic mass is 19.1. The second-order valence-corrected chi connectivity index (χ2v) is 8.09. The maximum atomic E-state index is 13.2. The highest BCUT2D eigenvalue weighted by molar-refractivity contribution is 6.04. The molecule has 7 nitrogen and oxygen atoms in total. The Hall–Kier alpha value is -3.78. The van der Waals surface area contributed by atoms with Gasteiger partial charge in [-0.1, -0.05) is 30.3 Å². The Morgan fingerprint density at radius 2 is 1.73 bits per heavy atom. The van der Waals surface area contributed by atoms with Crippen molar-refractivity contribution < 1.29 is 14.0 Å². The summed E-state index contributed by atoms with van der Waals surface area (Å²) in [6.07, 6.45) is 1.50. The predicted molar refractivity (Wildman–Crippen MR) is 123 cm³/mol. The van der Waals surface area contributed by atoms with Gasteiger partial charge >= 0.3 is 0 Å². The number of hydrogen-bond donors (Lipinski definition) is 1. The molecule has 33 heavy (non-hydrogen) atoms. The molecule has 1 aliphatic heterocycles. The molecule has 1 aromatic heterocycles. The smallest absolute Gasteiger partial charge is 0.263 e. The van der Waals surface area contributed by atoms with E-state index in [0.717, 1.165) is 12.1 Å². The van der Waals surface area contributed by atoms with Crippen molar-refractivity contribution in [1.82, 2.24) is 14.4 Å². The van der Waals surface area contributed by atoms with Crippen LogP contribution >= 0.6 is 0 Å². The molecule has 1 fully saturated rings. The van der Waals surface area contributed by atoms with Crippen LogP contribution in [-0.4, -0.2) is 52.9 Å². The van der Waals surface area contributed by atoms with E-state index in [-0.39, 0.29) is 24.1 Å². The molecule has 0 bridgehead atoms. The van der Waals surface area contributed by atoms with Gasteiger partial charge in [-0.05, 0) is 49.0 Å². The van der Waals surface area contributed by atoms with Crippen LogP contribution < -0.4 is 10.9 Å². The van der Waals surface area contributed by atoms with E-state index in [1.807, 2.05) is 37.4 Å². The fourth-order valence-electron chi connectivity index (χ4n) is 3.98. The summed E-state index contributed by atoms with van der Waals surface area (Å²) in [5.41, 5.74) is 0.760. The molecule has 170 valence electrons. The third kappa shape index (κ3) is 5.18. The molecule has 2 aromatic carbocycles. The molecule has 0 spiro atoms. The predicted octanol–water partition coefficient (Wildman–Crippen LogP) is 2.76. The van der Waals surface area contributed by atoms with Gasteiger partial charge in [-0.15, -0.1) is 0 Å². The van der Waals surface area contributed by atoms with Crippen molar-refractivity contribution in [2.24, 2.45) is 0 Å². The van der Waals surface area contributed by atoms with E-state index in [9.17, 15) is 18.8 Å². The summed E-state index contributed by atoms with van der Waals surface area (Å²) in [6.45, 7) is 1.83. The van der Waals surface area contributed by atoms with Gasteiger partial charge in [-0.3, -0.25) is 14.4 Å². The summed E-state index contributed by atoms with van der Waals surface area (Å²) in [5.74, 6) is -1.23. The Balaban J connectivity index is 1.52. The van der Waals surface area contributed by atoms with Crippen molar-refractivity contribution in [3.63, 3.8) is 0 Å². The van der Waals surface area contributed by atoms with Crippen molar-refractivity contribution in [2.45, 2.75) is 12.6 Å². The largest absolute Gasteiger partial charge is 0.332 e. The zero-order valence-corrected chi connectivity index (χ0v) is 18.3. The first kappa shape index (κ1) is 22.4. The molecule has 2 amide bonds. The number of likely N-dealkylation sites (N-methyl/N-ethyl adjacent to an activating group) is 1. The first-order chi connectivity index (χ1) is 15.9. The number of benzene rings is 2. The Kier molecular flexibility index (Phi) is 6.65. The van der Waals surface area contributed by atoms with Crippen molar-refractivity contribution in [1.29, 1.82) is 0 Å². The quantitative estimate of drug-likeness (QED) is 0.652. The minimum Gasteiger partial charge on any atom is -0.332 e. The van der Waals surface area contributed by atoms with E-state index < -0.39 is 17.3 Å². The SMILES string of the molecule is CN1CCN(C(=O)Cn2cccc(C(=O)Nc3ccc(F)cc3)c2=O)[C@H](c2ccccc2)C1. The molecule has 1 saturated heterocycles. The zero-order valence-electron chi connectivity index (χ0n) is 18.3. The molecule has 1 aliphatic rings. The second-order valence-electron chi connectivity index (χ2n) is 8.09. The number of carbonyl (C=O) groups is 2. The minimum atomic E-state index is -0.616. The second kappa shape index (κ2) is 9.79. The van der Waals surface area contributed by atoms with E-state index in [4.69, 9.17) is 0 Å². The number of anilines is 1. The van der Waals surface area contributed by atoms with Gasteiger partial charge in [0, 0.05) is 31.5 Å². The van der Waals surface area contributed by atoms with E-state index in [1.54, 1.807) is 11.0 Å². The lowest BCUT2D eigenvalue weighted by Crippen LogP contribution is -2.50. The van der Waals surface area contributed by atoms with Crippen LogP contribution in [-0.2, 0) is 11.3 Å². The summed E-state index contributed by atoms with van der Waals surface area (Å²) in [6, 6.07) is 17.9. The third-order valence-electron chi connectivity index (χ3n) is 5.76. The summed E-state index contributed by atoms with van der Waals surface area (Å²) in [7, 11) is 2.02. The fraction of sp³-hybridized carbons (Fsp3) is 0.240. The van der Waals surface area contributed by atoms with Crippen molar-refractivity contribution in [2.75, 3.05) is 32.0 Å². The Labute approximate surface area is 191 Å². The molecule has 1 N–H and O–H groups in total. The average Bonchev–Trinajstić information content (AvgIpc) is 2.82. The number of aromatic nitrogens is 1. The lowest BCUT2D eigenvalue weighted by Gasteiger charge is -2.40. The van der Waals surface area contributed by atoms with Gasteiger partial charge in [0.1, 0.15) is 17.9 Å². The Morgan fingerprint density at radius 3 is 2.45 bits per heavy atom. The highest BCUT2D eigenvalue weighted by Crippen LogP contribution is 2.25. The average molecular weight is 448 g/mol. The van der Waals surface area contributed by atoms with Crippen LogP contribution in [0.4, 0.5) is 10.1 Å². The van der Waals surface area contributed by atoms with Crippen molar-refractivity contribution in [3.8, 4) is 0 Å². The number of piperazine rings is 1. The Bertz CT molecular complexity index is 1190. The molecule has 4 rings (SSSR count). The third-order valence-corrected chi connectivity index (χ3v) is 5.76. The van der Waals surface area contributed by atoms with Crippen LogP contribution in [0.3, 0.4) is 0 Å². The molecule has 1 atom stereocenters. The van der Waals surface area contributed by atoms with Crippen LogP contribution in [0.15, 0.2) is 77.7 Å².